The van der Waals surface area contributed by atoms with Crippen molar-refractivity contribution in [2.45, 2.75) is 44.2 Å². The number of nitrogens with zero attached hydrogens (tertiary/aromatic N) is 2. The molecule has 0 bridgehead atoms. The summed E-state index contributed by atoms with van der Waals surface area (Å²) >= 11 is 0. The molecule has 0 radical (unpaired) electrons. The summed E-state index contributed by atoms with van der Waals surface area (Å²) in [7, 11) is 0. The summed E-state index contributed by atoms with van der Waals surface area (Å²) in [4.78, 5) is 4.45. The summed E-state index contributed by atoms with van der Waals surface area (Å²) in [6, 6.07) is 0. The molecule has 3 rings (SSSR count). The minimum Gasteiger partial charge on any atom is -0.330 e. The molecule has 3 heteroatoms. The lowest BCUT2D eigenvalue weighted by molar-refractivity contribution is 0.489. The Morgan fingerprint density at radius 3 is 3.00 bits per heavy atom. The van der Waals surface area contributed by atoms with Gasteiger partial charge in [0.1, 0.15) is 5.82 Å². The smallest absolute Gasteiger partial charge is 0.108 e. The number of nitrogens with two attached hydrogens (primary N) is 1. The van der Waals surface area contributed by atoms with Gasteiger partial charge in [0, 0.05) is 13.0 Å². The molecule has 1 aromatic rings. The van der Waals surface area contributed by atoms with E-state index in [0.29, 0.717) is 0 Å². The molecule has 13 heavy (non-hydrogen) atoms. The van der Waals surface area contributed by atoms with E-state index in [1.807, 2.05) is 6.20 Å². The maximum atomic E-state index is 6.18. The number of rotatable bonds is 1. The molecular formula is C10H15N3. The van der Waals surface area contributed by atoms with Crippen LogP contribution in [0.1, 0.15) is 37.2 Å². The maximum absolute atomic E-state index is 6.18. The Morgan fingerprint density at radius 1 is 1.38 bits per heavy atom. The molecule has 1 aliphatic carbocycles. The van der Waals surface area contributed by atoms with E-state index < -0.39 is 0 Å². The average molecular weight is 177 g/mol. The van der Waals surface area contributed by atoms with Gasteiger partial charge in [0.25, 0.3) is 0 Å². The molecule has 3 nitrogen and oxygen atoms in total. The van der Waals surface area contributed by atoms with Crippen molar-refractivity contribution < 1.29 is 0 Å². The van der Waals surface area contributed by atoms with Crippen molar-refractivity contribution in [3.05, 3.63) is 17.7 Å². The standard InChI is InChI=1S/C10H15N3/c11-10(4-5-10)8-7-12-9-3-1-2-6-13(8)9/h7H,1-6,11H2. The lowest BCUT2D eigenvalue weighted by atomic mass is 10.1. The molecular weight excluding hydrogens is 162 g/mol. The number of fused-ring (bicyclic) bond motifs is 1. The molecule has 2 N–H and O–H groups in total. The van der Waals surface area contributed by atoms with Gasteiger partial charge in [-0.25, -0.2) is 4.98 Å². The van der Waals surface area contributed by atoms with Crippen LogP contribution in [-0.2, 0) is 18.5 Å². The minimum atomic E-state index is -0.0113. The Balaban J connectivity index is 2.06. The quantitative estimate of drug-likeness (QED) is 0.699. The van der Waals surface area contributed by atoms with Gasteiger partial charge in [0.2, 0.25) is 0 Å². The summed E-state index contributed by atoms with van der Waals surface area (Å²) < 4.78 is 2.34. The summed E-state index contributed by atoms with van der Waals surface area (Å²) in [6.07, 6.45) is 7.97. The fraction of sp³-hybridized carbons (Fsp3) is 0.700. The molecule has 1 fully saturated rings. The van der Waals surface area contributed by atoms with Crippen LogP contribution in [0.2, 0.25) is 0 Å². The third-order valence-corrected chi connectivity index (χ3v) is 3.27. The van der Waals surface area contributed by atoms with Gasteiger partial charge in [-0.2, -0.15) is 0 Å². The van der Waals surface area contributed by atoms with Crippen molar-refractivity contribution in [1.82, 2.24) is 9.55 Å². The third-order valence-electron chi connectivity index (χ3n) is 3.27. The fourth-order valence-corrected chi connectivity index (χ4v) is 2.20. The Kier molecular flexibility index (Phi) is 1.37. The van der Waals surface area contributed by atoms with E-state index in [9.17, 15) is 0 Å². The summed E-state index contributed by atoms with van der Waals surface area (Å²) in [5.41, 5.74) is 7.44. The van der Waals surface area contributed by atoms with Gasteiger partial charge >= 0.3 is 0 Å². The first kappa shape index (κ1) is 7.56. The second-order valence-corrected chi connectivity index (χ2v) is 4.32. The van der Waals surface area contributed by atoms with Crippen molar-refractivity contribution in [3.63, 3.8) is 0 Å². The van der Waals surface area contributed by atoms with E-state index in [-0.39, 0.29) is 5.54 Å². The van der Waals surface area contributed by atoms with Gasteiger partial charge < -0.3 is 10.3 Å². The van der Waals surface area contributed by atoms with Crippen LogP contribution in [0.15, 0.2) is 6.20 Å². The lowest BCUT2D eigenvalue weighted by Crippen LogP contribution is -2.25. The zero-order chi connectivity index (χ0) is 8.89. The van der Waals surface area contributed by atoms with E-state index in [0.717, 1.165) is 25.8 Å². The van der Waals surface area contributed by atoms with Crippen LogP contribution in [0.4, 0.5) is 0 Å². The van der Waals surface area contributed by atoms with Crippen LogP contribution >= 0.6 is 0 Å². The summed E-state index contributed by atoms with van der Waals surface area (Å²) in [6.45, 7) is 1.13. The Bertz CT molecular complexity index is 336. The summed E-state index contributed by atoms with van der Waals surface area (Å²) in [5.74, 6) is 1.25. The molecule has 2 aliphatic rings. The van der Waals surface area contributed by atoms with Crippen LogP contribution < -0.4 is 5.73 Å². The number of hydrogen-bond acceptors (Lipinski definition) is 2. The van der Waals surface area contributed by atoms with Crippen LogP contribution in [-0.4, -0.2) is 9.55 Å². The molecule has 0 unspecified atom stereocenters. The highest BCUT2D eigenvalue weighted by atomic mass is 15.1. The second kappa shape index (κ2) is 2.35. The van der Waals surface area contributed by atoms with E-state index in [1.54, 1.807) is 0 Å². The highest BCUT2D eigenvalue weighted by Gasteiger charge is 2.43. The first-order valence-corrected chi connectivity index (χ1v) is 5.13. The molecule has 0 aromatic carbocycles. The first-order valence-electron chi connectivity index (χ1n) is 5.13. The molecule has 0 saturated heterocycles. The minimum absolute atomic E-state index is 0.0113. The van der Waals surface area contributed by atoms with Crippen LogP contribution in [0, 0.1) is 0 Å². The Morgan fingerprint density at radius 2 is 2.23 bits per heavy atom. The van der Waals surface area contributed by atoms with E-state index in [1.165, 1.54) is 24.4 Å². The molecule has 70 valence electrons. The van der Waals surface area contributed by atoms with Gasteiger partial charge in [-0.15, -0.1) is 0 Å². The van der Waals surface area contributed by atoms with Gasteiger partial charge in [0.15, 0.2) is 0 Å². The zero-order valence-corrected chi connectivity index (χ0v) is 7.79. The SMILES string of the molecule is NC1(c2cnc3n2CCCC3)CC1. The van der Waals surface area contributed by atoms with Gasteiger partial charge in [-0.05, 0) is 25.7 Å². The molecule has 1 aliphatic heterocycles. The predicted octanol–water partition coefficient (Wildman–Crippen LogP) is 1.17. The van der Waals surface area contributed by atoms with E-state index in [2.05, 4.69) is 9.55 Å². The zero-order valence-electron chi connectivity index (χ0n) is 7.79. The van der Waals surface area contributed by atoms with Crippen LogP contribution in [0.5, 0.6) is 0 Å². The van der Waals surface area contributed by atoms with Crippen molar-refractivity contribution >= 4 is 0 Å². The van der Waals surface area contributed by atoms with Gasteiger partial charge in [-0.3, -0.25) is 0 Å². The first-order chi connectivity index (χ1) is 6.30. The van der Waals surface area contributed by atoms with E-state index in [4.69, 9.17) is 5.73 Å². The normalized spacial score (nSPS) is 24.1. The Labute approximate surface area is 78.0 Å². The van der Waals surface area contributed by atoms with E-state index >= 15 is 0 Å². The number of hydrogen-bond donors (Lipinski definition) is 1. The highest BCUT2D eigenvalue weighted by molar-refractivity contribution is 5.23. The van der Waals surface area contributed by atoms with Crippen molar-refractivity contribution in [3.8, 4) is 0 Å². The number of aromatic nitrogens is 2. The predicted molar refractivity (Wildman–Crippen MR) is 50.3 cm³/mol. The molecule has 0 spiro atoms. The molecule has 2 heterocycles. The highest BCUT2D eigenvalue weighted by Crippen LogP contribution is 2.43. The second-order valence-electron chi connectivity index (χ2n) is 4.32. The average Bonchev–Trinajstić information content (AvgIpc) is 2.76. The largest absolute Gasteiger partial charge is 0.330 e. The van der Waals surface area contributed by atoms with Crippen LogP contribution in [0.3, 0.4) is 0 Å². The third kappa shape index (κ3) is 1.03. The molecule has 0 amide bonds. The maximum Gasteiger partial charge on any atom is 0.108 e. The molecule has 1 saturated carbocycles. The monoisotopic (exact) mass is 177 g/mol. The lowest BCUT2D eigenvalue weighted by Gasteiger charge is -2.19. The topological polar surface area (TPSA) is 43.8 Å². The van der Waals surface area contributed by atoms with Crippen molar-refractivity contribution in [1.29, 1.82) is 0 Å². The molecule has 0 atom stereocenters. The van der Waals surface area contributed by atoms with Gasteiger partial charge in [-0.1, -0.05) is 0 Å². The molecule has 1 aromatic heterocycles. The number of imidazole rings is 1. The van der Waals surface area contributed by atoms with Crippen molar-refractivity contribution in [2.24, 2.45) is 5.73 Å². The Hall–Kier alpha value is -0.830. The van der Waals surface area contributed by atoms with Crippen LogP contribution in [0.25, 0.3) is 0 Å². The van der Waals surface area contributed by atoms with Gasteiger partial charge in [0.05, 0.1) is 17.4 Å². The number of aryl methyl sites for hydroxylation is 1. The van der Waals surface area contributed by atoms with Crippen molar-refractivity contribution in [2.75, 3.05) is 0 Å². The fourth-order valence-electron chi connectivity index (χ4n) is 2.20. The summed E-state index contributed by atoms with van der Waals surface area (Å²) in [5, 5.41) is 0.